The third-order valence-electron chi connectivity index (χ3n) is 3.85. The number of amidine groups is 1. The zero-order chi connectivity index (χ0) is 25.8. The van der Waals surface area contributed by atoms with E-state index in [1.54, 1.807) is 0 Å². The van der Waals surface area contributed by atoms with E-state index in [-0.39, 0.29) is 11.6 Å². The van der Waals surface area contributed by atoms with Crippen molar-refractivity contribution in [3.8, 4) is 0 Å². The molecule has 0 saturated carbocycles. The summed E-state index contributed by atoms with van der Waals surface area (Å²) in [7, 11) is 0. The molecule has 2 N–H and O–H groups in total. The highest BCUT2D eigenvalue weighted by Crippen LogP contribution is 2.33. The van der Waals surface area contributed by atoms with Crippen LogP contribution in [0, 0.1) is 5.82 Å². The zero-order valence-electron chi connectivity index (χ0n) is 16.6. The van der Waals surface area contributed by atoms with Crippen LogP contribution in [0.2, 0.25) is 0 Å². The maximum atomic E-state index is 13.6. The van der Waals surface area contributed by atoms with E-state index in [9.17, 15) is 40.3 Å². The van der Waals surface area contributed by atoms with E-state index in [1.807, 2.05) is 0 Å². The molecule has 0 bridgehead atoms. The van der Waals surface area contributed by atoms with Crippen molar-refractivity contribution < 1.29 is 49.8 Å². The van der Waals surface area contributed by atoms with Crippen LogP contribution in [0.3, 0.4) is 0 Å². The van der Waals surface area contributed by atoms with Gasteiger partial charge >= 0.3 is 18.3 Å². The monoisotopic (exact) mass is 506 g/mol. The Labute approximate surface area is 188 Å². The van der Waals surface area contributed by atoms with Crippen LogP contribution in [0.1, 0.15) is 21.6 Å². The number of aromatic nitrogens is 3. The molecular formula is C18H9F7N6O4. The molecule has 0 aliphatic heterocycles. The third kappa shape index (κ3) is 6.27. The van der Waals surface area contributed by atoms with E-state index in [1.165, 1.54) is 18.3 Å². The summed E-state index contributed by atoms with van der Waals surface area (Å²) < 4.78 is 94.5. The van der Waals surface area contributed by atoms with E-state index in [0.29, 0.717) is 6.07 Å². The predicted molar refractivity (Wildman–Crippen MR) is 100 cm³/mol. The van der Waals surface area contributed by atoms with Crippen LogP contribution in [0.4, 0.5) is 42.2 Å². The molecule has 0 aliphatic carbocycles. The number of oxime groups is 1. The number of nitrogens with zero attached hydrogens (tertiary/aromatic N) is 4. The van der Waals surface area contributed by atoms with E-state index >= 15 is 0 Å². The molecule has 2 aromatic heterocycles. The first-order valence-corrected chi connectivity index (χ1v) is 8.90. The first-order chi connectivity index (χ1) is 16.4. The van der Waals surface area contributed by atoms with Crippen molar-refractivity contribution in [1.82, 2.24) is 15.3 Å². The van der Waals surface area contributed by atoms with E-state index in [4.69, 9.17) is 0 Å². The number of rotatable bonds is 5. The molecule has 0 atom stereocenters. The largest absolute Gasteiger partial charge is 0.493 e. The fraction of sp³-hybridized carbons (Fsp3) is 0.111. The maximum Gasteiger partial charge on any atom is 0.493 e. The van der Waals surface area contributed by atoms with Gasteiger partial charge in [-0.3, -0.25) is 9.78 Å². The molecule has 2 heterocycles. The summed E-state index contributed by atoms with van der Waals surface area (Å²) in [6, 6.07) is 4.20. The van der Waals surface area contributed by atoms with E-state index in [0.717, 1.165) is 12.3 Å². The zero-order valence-corrected chi connectivity index (χ0v) is 16.6. The van der Waals surface area contributed by atoms with Crippen LogP contribution in [-0.2, 0) is 15.8 Å². The second-order valence-electron chi connectivity index (χ2n) is 6.29. The smallest absolute Gasteiger partial charge is 0.335 e. The van der Waals surface area contributed by atoms with Gasteiger partial charge < -0.3 is 15.5 Å². The average Bonchev–Trinajstić information content (AvgIpc) is 3.24. The Hall–Kier alpha value is -4.57. The van der Waals surface area contributed by atoms with Crippen LogP contribution in [-0.4, -0.2) is 39.2 Å². The van der Waals surface area contributed by atoms with Gasteiger partial charge in [-0.05, 0) is 40.6 Å². The first-order valence-electron chi connectivity index (χ1n) is 8.90. The molecule has 17 heteroatoms. The molecule has 10 nitrogen and oxygen atoms in total. The van der Waals surface area contributed by atoms with Gasteiger partial charge in [-0.2, -0.15) is 26.3 Å². The van der Waals surface area contributed by atoms with E-state index in [2.05, 4.69) is 40.6 Å². The molecule has 0 radical (unpaired) electrons. The van der Waals surface area contributed by atoms with Crippen LogP contribution in [0.15, 0.2) is 52.5 Å². The summed E-state index contributed by atoms with van der Waals surface area (Å²) >= 11 is 0. The number of pyridine rings is 1. The van der Waals surface area contributed by atoms with Crippen LogP contribution in [0.25, 0.3) is 0 Å². The minimum atomic E-state index is -5.48. The number of hydrogen-bond donors (Lipinski definition) is 2. The minimum Gasteiger partial charge on any atom is -0.335 e. The highest BCUT2D eigenvalue weighted by atomic mass is 19.4. The molecular weight excluding hydrogens is 497 g/mol. The van der Waals surface area contributed by atoms with Crippen molar-refractivity contribution in [1.29, 1.82) is 0 Å². The molecule has 35 heavy (non-hydrogen) atoms. The molecule has 184 valence electrons. The standard InChI is InChI=1S/C18H9F7N6O4/c19-11-4-3-9(6-10(11)17(20,21)22)27-13(30-34-16(33)18(23,24)25)12-14(31-35-29-12)28-15(32)8-2-1-5-26-7-8/h1-7H,(H,27,30)(H,28,31,32). The summed E-state index contributed by atoms with van der Waals surface area (Å²) in [5.41, 5.74) is -2.97. The van der Waals surface area contributed by atoms with Gasteiger partial charge in [0.15, 0.2) is 5.69 Å². The van der Waals surface area contributed by atoms with Gasteiger partial charge in [0, 0.05) is 18.1 Å². The van der Waals surface area contributed by atoms with Gasteiger partial charge in [0.1, 0.15) is 5.82 Å². The number of halogens is 7. The minimum absolute atomic E-state index is 0.00440. The molecule has 0 aliphatic rings. The Morgan fingerprint density at radius 2 is 1.77 bits per heavy atom. The van der Waals surface area contributed by atoms with Crippen molar-refractivity contribution in [2.75, 3.05) is 10.6 Å². The lowest BCUT2D eigenvalue weighted by molar-refractivity contribution is -0.199. The number of anilines is 2. The summed E-state index contributed by atoms with van der Waals surface area (Å²) in [4.78, 5) is 30.8. The third-order valence-corrected chi connectivity index (χ3v) is 3.85. The van der Waals surface area contributed by atoms with Crippen LogP contribution in [0.5, 0.6) is 0 Å². The quantitative estimate of drug-likeness (QED) is 0.176. The number of hydrogen-bond acceptors (Lipinski definition) is 8. The van der Waals surface area contributed by atoms with Gasteiger partial charge in [0.2, 0.25) is 11.7 Å². The fourth-order valence-electron chi connectivity index (χ4n) is 2.32. The van der Waals surface area contributed by atoms with Crippen LogP contribution >= 0.6 is 0 Å². The van der Waals surface area contributed by atoms with Crippen molar-refractivity contribution in [3.05, 3.63) is 65.4 Å². The van der Waals surface area contributed by atoms with Gasteiger partial charge in [-0.1, -0.05) is 5.16 Å². The highest BCUT2D eigenvalue weighted by molar-refractivity contribution is 6.12. The molecule has 0 unspecified atom stereocenters. The summed E-state index contributed by atoms with van der Waals surface area (Å²) in [6.45, 7) is 0. The molecule has 1 aromatic carbocycles. The number of benzene rings is 1. The topological polar surface area (TPSA) is 132 Å². The summed E-state index contributed by atoms with van der Waals surface area (Å²) in [6.07, 6.45) is -8.09. The van der Waals surface area contributed by atoms with Crippen molar-refractivity contribution in [2.24, 2.45) is 5.16 Å². The highest BCUT2D eigenvalue weighted by Gasteiger charge is 2.42. The molecule has 3 aromatic rings. The second-order valence-corrected chi connectivity index (χ2v) is 6.29. The average molecular weight is 506 g/mol. The van der Waals surface area contributed by atoms with Gasteiger partial charge in [-0.15, -0.1) is 0 Å². The first kappa shape index (κ1) is 25.1. The Bertz CT molecular complexity index is 1260. The van der Waals surface area contributed by atoms with Crippen LogP contribution < -0.4 is 10.6 Å². The molecule has 3 rings (SSSR count). The fourth-order valence-corrected chi connectivity index (χ4v) is 2.32. The van der Waals surface area contributed by atoms with Gasteiger partial charge in [0.05, 0.1) is 11.1 Å². The van der Waals surface area contributed by atoms with E-state index < -0.39 is 58.6 Å². The second kappa shape index (κ2) is 9.74. The van der Waals surface area contributed by atoms with Crippen molar-refractivity contribution in [2.45, 2.75) is 12.4 Å². The Balaban J connectivity index is 1.97. The molecule has 1 amide bonds. The number of amides is 1. The van der Waals surface area contributed by atoms with Gasteiger partial charge in [0.25, 0.3) is 5.91 Å². The maximum absolute atomic E-state index is 13.6. The van der Waals surface area contributed by atoms with Crippen molar-refractivity contribution in [3.63, 3.8) is 0 Å². The lowest BCUT2D eigenvalue weighted by Gasteiger charge is -2.12. The lowest BCUT2D eigenvalue weighted by Crippen LogP contribution is -2.26. The number of nitrogens with one attached hydrogen (secondary N) is 2. The molecule has 0 spiro atoms. The normalized spacial score (nSPS) is 12.3. The SMILES string of the molecule is O=C(Nc1nonc1/C(=N/OC(=O)C(F)(F)F)Nc1ccc(F)c(C(F)(F)F)c1)c1cccnc1. The van der Waals surface area contributed by atoms with Crippen molar-refractivity contribution >= 4 is 29.2 Å². The molecule has 0 fully saturated rings. The predicted octanol–water partition coefficient (Wildman–Crippen LogP) is 3.75. The summed E-state index contributed by atoms with van der Waals surface area (Å²) in [5.74, 6) is -6.80. The number of carbonyl (C=O) groups is 2. The lowest BCUT2D eigenvalue weighted by atomic mass is 10.1. The Morgan fingerprint density at radius 3 is 2.40 bits per heavy atom. The number of carbonyl (C=O) groups excluding carboxylic acids is 2. The Kier molecular flexibility index (Phi) is 6.97. The Morgan fingerprint density at radius 1 is 1.03 bits per heavy atom. The molecule has 0 saturated heterocycles. The van der Waals surface area contributed by atoms with Gasteiger partial charge in [-0.25, -0.2) is 13.8 Å². The number of alkyl halides is 6. The summed E-state index contributed by atoms with van der Waals surface area (Å²) in [5, 5.41) is 13.8.